The van der Waals surface area contributed by atoms with Crippen LogP contribution in [0, 0.1) is 5.82 Å². The number of fused-ring (bicyclic) bond motifs is 1. The molecule has 6 heteroatoms. The summed E-state index contributed by atoms with van der Waals surface area (Å²) in [6, 6.07) is 9.59. The molecule has 0 aliphatic carbocycles. The number of carbonyl (C=O) groups is 1. The molecule has 1 heterocycles. The lowest BCUT2D eigenvalue weighted by Gasteiger charge is -2.47. The van der Waals surface area contributed by atoms with E-state index in [0.717, 1.165) is 30.6 Å². The average Bonchev–Trinajstić information content (AvgIpc) is 2.66. The van der Waals surface area contributed by atoms with Crippen molar-refractivity contribution in [3.05, 3.63) is 58.9 Å². The van der Waals surface area contributed by atoms with Crippen LogP contribution < -0.4 is 10.3 Å². The van der Waals surface area contributed by atoms with Gasteiger partial charge in [0.1, 0.15) is 11.6 Å². The molecule has 0 aromatic heterocycles. The Kier molecular flexibility index (Phi) is 5.91. The van der Waals surface area contributed by atoms with Crippen molar-refractivity contribution in [2.75, 3.05) is 11.4 Å². The Morgan fingerprint density at radius 1 is 1.38 bits per heavy atom. The molecule has 1 atom stereocenters. The Morgan fingerprint density at radius 2 is 2.10 bits per heavy atom. The molecule has 2 N–H and O–H groups in total. The number of phenolic OH excluding ortho intramolecular Hbond substituents is 1. The smallest absolute Gasteiger partial charge is 0.275 e. The van der Waals surface area contributed by atoms with Crippen LogP contribution in [0.25, 0.3) is 0 Å². The summed E-state index contributed by atoms with van der Waals surface area (Å²) < 4.78 is 14.8. The fourth-order valence-electron chi connectivity index (χ4n) is 4.15. The number of para-hydroxylation sites is 1. The Hall–Kier alpha value is -2.89. The van der Waals surface area contributed by atoms with E-state index in [0.29, 0.717) is 5.56 Å². The number of rotatable bonds is 5. The van der Waals surface area contributed by atoms with Crippen molar-refractivity contribution in [3.8, 4) is 5.75 Å². The van der Waals surface area contributed by atoms with Gasteiger partial charge >= 0.3 is 0 Å². The number of amides is 1. The lowest BCUT2D eigenvalue weighted by molar-refractivity contribution is 0.0952. The lowest BCUT2D eigenvalue weighted by atomic mass is 9.79. The summed E-state index contributed by atoms with van der Waals surface area (Å²) in [5.41, 5.74) is 4.77. The summed E-state index contributed by atoms with van der Waals surface area (Å²) in [7, 11) is 0. The van der Waals surface area contributed by atoms with Gasteiger partial charge in [-0.25, -0.2) is 9.82 Å². The highest BCUT2D eigenvalue weighted by atomic mass is 19.1. The molecule has 1 aliphatic heterocycles. The van der Waals surface area contributed by atoms with Crippen molar-refractivity contribution in [1.82, 2.24) is 5.43 Å². The molecule has 0 saturated heterocycles. The molecular formula is C23H28FN3O2. The number of phenols is 1. The van der Waals surface area contributed by atoms with E-state index in [4.69, 9.17) is 0 Å². The summed E-state index contributed by atoms with van der Waals surface area (Å²) in [4.78, 5) is 14.4. The van der Waals surface area contributed by atoms with Crippen molar-refractivity contribution in [3.63, 3.8) is 0 Å². The van der Waals surface area contributed by atoms with Gasteiger partial charge in [0.25, 0.3) is 5.91 Å². The van der Waals surface area contributed by atoms with Gasteiger partial charge in [0.15, 0.2) is 0 Å². The van der Waals surface area contributed by atoms with Crippen molar-refractivity contribution in [2.24, 2.45) is 5.10 Å². The molecule has 1 unspecified atom stereocenters. The minimum Gasteiger partial charge on any atom is -0.507 e. The number of hydrogen-bond donors (Lipinski definition) is 2. The SMILES string of the molecule is CCCN1c2cc(F)c(/C=N/NC(=O)c3ccccc3O)cc2C(C)CC1(C)C. The van der Waals surface area contributed by atoms with Gasteiger partial charge in [-0.2, -0.15) is 5.10 Å². The van der Waals surface area contributed by atoms with E-state index in [1.165, 1.54) is 18.3 Å². The first-order valence-corrected chi connectivity index (χ1v) is 9.97. The van der Waals surface area contributed by atoms with Crippen molar-refractivity contribution >= 4 is 17.8 Å². The fraction of sp³-hybridized carbons (Fsp3) is 0.391. The molecule has 0 bridgehead atoms. The standard InChI is InChI=1S/C23H28FN3O2/c1-5-10-27-20-12-19(24)16(11-18(20)15(2)13-23(27,3)4)14-25-26-22(29)17-8-6-7-9-21(17)28/h6-9,11-12,14-15,28H,5,10,13H2,1-4H3,(H,26,29)/b25-14+. The quantitative estimate of drug-likeness (QED) is 0.563. The van der Waals surface area contributed by atoms with Crippen LogP contribution >= 0.6 is 0 Å². The Bertz CT molecular complexity index is 940. The first kappa shape index (κ1) is 20.8. The minimum atomic E-state index is -0.554. The molecule has 1 aliphatic rings. The number of benzene rings is 2. The maximum absolute atomic E-state index is 14.8. The second-order valence-corrected chi connectivity index (χ2v) is 8.22. The van der Waals surface area contributed by atoms with E-state index < -0.39 is 5.91 Å². The third-order valence-corrected chi connectivity index (χ3v) is 5.47. The summed E-state index contributed by atoms with van der Waals surface area (Å²) in [5, 5.41) is 13.6. The Balaban J connectivity index is 1.85. The summed E-state index contributed by atoms with van der Waals surface area (Å²) >= 11 is 0. The van der Waals surface area contributed by atoms with E-state index in [1.807, 2.05) is 6.07 Å². The van der Waals surface area contributed by atoms with Crippen molar-refractivity contribution in [1.29, 1.82) is 0 Å². The molecule has 2 aromatic carbocycles. The number of nitrogens with one attached hydrogen (secondary N) is 1. The van der Waals surface area contributed by atoms with Gasteiger partial charge in [-0.05, 0) is 62.4 Å². The Labute approximate surface area is 171 Å². The van der Waals surface area contributed by atoms with E-state index in [-0.39, 0.29) is 28.6 Å². The van der Waals surface area contributed by atoms with Crippen LogP contribution in [0.5, 0.6) is 5.75 Å². The number of anilines is 1. The van der Waals surface area contributed by atoms with Gasteiger partial charge in [-0.3, -0.25) is 4.79 Å². The molecule has 0 saturated carbocycles. The second-order valence-electron chi connectivity index (χ2n) is 8.22. The van der Waals surface area contributed by atoms with E-state index in [1.54, 1.807) is 18.2 Å². The van der Waals surface area contributed by atoms with Crippen LogP contribution in [-0.4, -0.2) is 29.3 Å². The van der Waals surface area contributed by atoms with Crippen molar-refractivity contribution < 1.29 is 14.3 Å². The molecule has 5 nitrogen and oxygen atoms in total. The van der Waals surface area contributed by atoms with E-state index in [9.17, 15) is 14.3 Å². The number of nitrogens with zero attached hydrogens (tertiary/aromatic N) is 2. The zero-order valence-corrected chi connectivity index (χ0v) is 17.4. The fourth-order valence-corrected chi connectivity index (χ4v) is 4.15. The maximum atomic E-state index is 14.8. The number of aromatic hydroxyl groups is 1. The van der Waals surface area contributed by atoms with Crippen LogP contribution in [-0.2, 0) is 0 Å². The second kappa shape index (κ2) is 8.23. The normalized spacial score (nSPS) is 18.0. The maximum Gasteiger partial charge on any atom is 0.275 e. The molecule has 1 amide bonds. The van der Waals surface area contributed by atoms with Crippen molar-refractivity contribution in [2.45, 2.75) is 52.0 Å². The van der Waals surface area contributed by atoms with Gasteiger partial charge in [0.2, 0.25) is 0 Å². The molecule has 3 rings (SSSR count). The van der Waals surface area contributed by atoms with Gasteiger partial charge in [0.05, 0.1) is 11.8 Å². The Morgan fingerprint density at radius 3 is 2.79 bits per heavy atom. The first-order valence-electron chi connectivity index (χ1n) is 9.97. The highest BCUT2D eigenvalue weighted by molar-refractivity contribution is 5.97. The zero-order chi connectivity index (χ0) is 21.2. The molecular weight excluding hydrogens is 369 g/mol. The summed E-state index contributed by atoms with van der Waals surface area (Å²) in [5.74, 6) is -0.776. The summed E-state index contributed by atoms with van der Waals surface area (Å²) in [6.07, 6.45) is 3.27. The van der Waals surface area contributed by atoms with Crippen LogP contribution in [0.4, 0.5) is 10.1 Å². The number of carbonyl (C=O) groups excluding carboxylic acids is 1. The third kappa shape index (κ3) is 4.26. The lowest BCUT2D eigenvalue weighted by Crippen LogP contribution is -2.48. The molecule has 29 heavy (non-hydrogen) atoms. The van der Waals surface area contributed by atoms with Crippen LogP contribution in [0.2, 0.25) is 0 Å². The van der Waals surface area contributed by atoms with Gasteiger partial charge < -0.3 is 10.0 Å². The highest BCUT2D eigenvalue weighted by Gasteiger charge is 2.36. The molecule has 0 spiro atoms. The molecule has 154 valence electrons. The number of hydrazone groups is 1. The highest BCUT2D eigenvalue weighted by Crippen LogP contribution is 2.44. The van der Waals surface area contributed by atoms with E-state index >= 15 is 0 Å². The zero-order valence-electron chi connectivity index (χ0n) is 17.4. The van der Waals surface area contributed by atoms with Gasteiger partial charge in [0, 0.05) is 23.3 Å². The first-order chi connectivity index (χ1) is 13.7. The third-order valence-electron chi connectivity index (χ3n) is 5.47. The van der Waals surface area contributed by atoms with Gasteiger partial charge in [-0.1, -0.05) is 26.0 Å². The predicted octanol–water partition coefficient (Wildman–Crippen LogP) is 4.80. The largest absolute Gasteiger partial charge is 0.507 e. The predicted molar refractivity (Wildman–Crippen MR) is 114 cm³/mol. The minimum absolute atomic E-state index is 0.0316. The average molecular weight is 397 g/mol. The van der Waals surface area contributed by atoms with Crippen LogP contribution in [0.1, 0.15) is 67.9 Å². The number of halogens is 1. The van der Waals surface area contributed by atoms with E-state index in [2.05, 4.69) is 43.1 Å². The van der Waals surface area contributed by atoms with Gasteiger partial charge in [-0.15, -0.1) is 0 Å². The summed E-state index contributed by atoms with van der Waals surface area (Å²) in [6.45, 7) is 9.55. The van der Waals surface area contributed by atoms with Crippen LogP contribution in [0.3, 0.4) is 0 Å². The monoisotopic (exact) mass is 397 g/mol. The van der Waals surface area contributed by atoms with Crippen LogP contribution in [0.15, 0.2) is 41.5 Å². The molecule has 2 aromatic rings. The topological polar surface area (TPSA) is 64.9 Å². The number of hydrogen-bond acceptors (Lipinski definition) is 4. The molecule has 0 fully saturated rings. The molecule has 0 radical (unpaired) electrons.